The first-order valence-corrected chi connectivity index (χ1v) is 6.28. The molecule has 0 aromatic heterocycles. The highest BCUT2D eigenvalue weighted by Crippen LogP contribution is 2.11. The van der Waals surface area contributed by atoms with Crippen molar-refractivity contribution in [2.24, 2.45) is 0 Å². The third kappa shape index (κ3) is 5.14. The van der Waals surface area contributed by atoms with E-state index < -0.39 is 0 Å². The SMILES string of the molecule is O=C(CCN(CCO)CCO)c1ccc(Cl)cc1. The number of nitrogens with zero attached hydrogens (tertiary/aromatic N) is 1. The molecule has 0 fully saturated rings. The summed E-state index contributed by atoms with van der Waals surface area (Å²) in [7, 11) is 0. The average Bonchev–Trinajstić information content (AvgIpc) is 2.37. The largest absolute Gasteiger partial charge is 0.395 e. The Morgan fingerprint density at radius 3 is 2.11 bits per heavy atom. The van der Waals surface area contributed by atoms with Gasteiger partial charge in [-0.05, 0) is 24.3 Å². The molecular formula is C13H18ClNO3. The molecule has 0 aliphatic heterocycles. The van der Waals surface area contributed by atoms with E-state index in [0.29, 0.717) is 36.6 Å². The van der Waals surface area contributed by atoms with Crippen LogP contribution in [-0.4, -0.2) is 53.7 Å². The zero-order valence-electron chi connectivity index (χ0n) is 10.2. The molecule has 0 heterocycles. The van der Waals surface area contributed by atoms with E-state index in [-0.39, 0.29) is 19.0 Å². The van der Waals surface area contributed by atoms with Crippen LogP contribution >= 0.6 is 11.6 Å². The summed E-state index contributed by atoms with van der Waals surface area (Å²) in [5.41, 5.74) is 0.632. The van der Waals surface area contributed by atoms with Crippen molar-refractivity contribution in [1.29, 1.82) is 0 Å². The fourth-order valence-corrected chi connectivity index (χ4v) is 1.78. The number of Topliss-reactive ketones (excluding diaryl/α,β-unsaturated/α-hetero) is 1. The first-order chi connectivity index (χ1) is 8.67. The molecule has 1 rings (SSSR count). The number of aliphatic hydroxyl groups is 2. The lowest BCUT2D eigenvalue weighted by Gasteiger charge is -2.19. The number of aliphatic hydroxyl groups excluding tert-OH is 2. The second-order valence-corrected chi connectivity index (χ2v) is 4.41. The number of ketones is 1. The van der Waals surface area contributed by atoms with Gasteiger partial charge in [0.15, 0.2) is 5.78 Å². The standard InChI is InChI=1S/C13H18ClNO3/c14-12-3-1-11(2-4-12)13(18)5-6-15(7-9-16)8-10-17/h1-4,16-17H,5-10H2. The van der Waals surface area contributed by atoms with Gasteiger partial charge in [-0.25, -0.2) is 0 Å². The first kappa shape index (κ1) is 15.1. The molecule has 0 saturated carbocycles. The van der Waals surface area contributed by atoms with Crippen molar-refractivity contribution < 1.29 is 15.0 Å². The van der Waals surface area contributed by atoms with Crippen LogP contribution in [0.25, 0.3) is 0 Å². The molecule has 5 heteroatoms. The fraction of sp³-hybridized carbons (Fsp3) is 0.462. The Balaban J connectivity index is 2.46. The predicted octanol–water partition coefficient (Wildman–Crippen LogP) is 1.20. The summed E-state index contributed by atoms with van der Waals surface area (Å²) in [5, 5.41) is 18.3. The molecule has 18 heavy (non-hydrogen) atoms. The van der Waals surface area contributed by atoms with E-state index in [4.69, 9.17) is 21.8 Å². The lowest BCUT2D eigenvalue weighted by molar-refractivity contribution is 0.0947. The summed E-state index contributed by atoms with van der Waals surface area (Å²) in [6.45, 7) is 1.51. The fourth-order valence-electron chi connectivity index (χ4n) is 1.66. The molecule has 0 spiro atoms. The normalized spacial score (nSPS) is 10.9. The third-order valence-electron chi connectivity index (χ3n) is 2.65. The van der Waals surface area contributed by atoms with Crippen LogP contribution in [0.2, 0.25) is 5.02 Å². The number of benzene rings is 1. The Morgan fingerprint density at radius 2 is 1.61 bits per heavy atom. The highest BCUT2D eigenvalue weighted by atomic mass is 35.5. The molecular weight excluding hydrogens is 254 g/mol. The van der Waals surface area contributed by atoms with Gasteiger partial charge in [0.2, 0.25) is 0 Å². The van der Waals surface area contributed by atoms with Crippen molar-refractivity contribution in [2.45, 2.75) is 6.42 Å². The monoisotopic (exact) mass is 271 g/mol. The summed E-state index contributed by atoms with van der Waals surface area (Å²) < 4.78 is 0. The van der Waals surface area contributed by atoms with E-state index >= 15 is 0 Å². The second-order valence-electron chi connectivity index (χ2n) is 3.97. The van der Waals surface area contributed by atoms with Gasteiger partial charge in [-0.2, -0.15) is 0 Å². The third-order valence-corrected chi connectivity index (χ3v) is 2.91. The molecule has 0 aliphatic carbocycles. The molecule has 2 N–H and O–H groups in total. The Morgan fingerprint density at radius 1 is 1.06 bits per heavy atom. The zero-order valence-corrected chi connectivity index (χ0v) is 10.9. The van der Waals surface area contributed by atoms with Gasteiger partial charge in [0, 0.05) is 36.6 Å². The number of rotatable bonds is 8. The molecule has 0 saturated heterocycles. The number of hydrogen-bond acceptors (Lipinski definition) is 4. The van der Waals surface area contributed by atoms with Crippen LogP contribution in [0.5, 0.6) is 0 Å². The highest BCUT2D eigenvalue weighted by molar-refractivity contribution is 6.30. The highest BCUT2D eigenvalue weighted by Gasteiger charge is 2.09. The van der Waals surface area contributed by atoms with Gasteiger partial charge in [0.25, 0.3) is 0 Å². The molecule has 1 aromatic carbocycles. The van der Waals surface area contributed by atoms with Crippen molar-refractivity contribution in [1.82, 2.24) is 4.90 Å². The molecule has 100 valence electrons. The number of halogens is 1. The van der Waals surface area contributed by atoms with Gasteiger partial charge in [-0.1, -0.05) is 11.6 Å². The van der Waals surface area contributed by atoms with Gasteiger partial charge in [-0.3, -0.25) is 9.69 Å². The summed E-state index contributed by atoms with van der Waals surface area (Å²) >= 11 is 5.75. The van der Waals surface area contributed by atoms with E-state index in [1.165, 1.54) is 0 Å². The number of carbonyl (C=O) groups is 1. The first-order valence-electron chi connectivity index (χ1n) is 5.90. The molecule has 0 bridgehead atoms. The van der Waals surface area contributed by atoms with Crippen LogP contribution in [0.4, 0.5) is 0 Å². The molecule has 0 aliphatic rings. The molecule has 0 unspecified atom stereocenters. The maximum Gasteiger partial charge on any atom is 0.164 e. The van der Waals surface area contributed by atoms with Crippen molar-refractivity contribution >= 4 is 17.4 Å². The van der Waals surface area contributed by atoms with Crippen LogP contribution in [0, 0.1) is 0 Å². The average molecular weight is 272 g/mol. The van der Waals surface area contributed by atoms with E-state index in [1.54, 1.807) is 24.3 Å². The van der Waals surface area contributed by atoms with Crippen molar-refractivity contribution in [3.05, 3.63) is 34.9 Å². The van der Waals surface area contributed by atoms with E-state index in [0.717, 1.165) is 0 Å². The maximum absolute atomic E-state index is 11.9. The topological polar surface area (TPSA) is 60.8 Å². The second kappa shape index (κ2) is 8.21. The predicted molar refractivity (Wildman–Crippen MR) is 71.0 cm³/mol. The van der Waals surface area contributed by atoms with Crippen molar-refractivity contribution in [3.8, 4) is 0 Å². The summed E-state index contributed by atoms with van der Waals surface area (Å²) in [5.74, 6) is 0.0348. The summed E-state index contributed by atoms with van der Waals surface area (Å²) in [6.07, 6.45) is 0.363. The van der Waals surface area contributed by atoms with Crippen molar-refractivity contribution in [2.75, 3.05) is 32.8 Å². The lowest BCUT2D eigenvalue weighted by Crippen LogP contribution is -2.31. The zero-order chi connectivity index (χ0) is 13.4. The maximum atomic E-state index is 11.9. The summed E-state index contributed by atoms with van der Waals surface area (Å²) in [6, 6.07) is 6.78. The van der Waals surface area contributed by atoms with Crippen LogP contribution in [0.3, 0.4) is 0 Å². The smallest absolute Gasteiger partial charge is 0.164 e. The van der Waals surface area contributed by atoms with Crippen LogP contribution in [0.15, 0.2) is 24.3 Å². The van der Waals surface area contributed by atoms with Gasteiger partial charge in [0.05, 0.1) is 13.2 Å². The Labute approximate surface area is 112 Å². The Kier molecular flexibility index (Phi) is 6.90. The van der Waals surface area contributed by atoms with Crippen LogP contribution < -0.4 is 0 Å². The van der Waals surface area contributed by atoms with E-state index in [2.05, 4.69) is 0 Å². The summed E-state index contributed by atoms with van der Waals surface area (Å²) in [4.78, 5) is 13.7. The molecule has 1 aromatic rings. The van der Waals surface area contributed by atoms with Crippen LogP contribution in [-0.2, 0) is 0 Å². The van der Waals surface area contributed by atoms with Crippen molar-refractivity contribution in [3.63, 3.8) is 0 Å². The van der Waals surface area contributed by atoms with Crippen LogP contribution in [0.1, 0.15) is 16.8 Å². The van der Waals surface area contributed by atoms with E-state index in [1.807, 2.05) is 4.90 Å². The molecule has 0 amide bonds. The Hall–Kier alpha value is -0.940. The molecule has 0 radical (unpaired) electrons. The van der Waals surface area contributed by atoms with Gasteiger partial charge < -0.3 is 10.2 Å². The quantitative estimate of drug-likeness (QED) is 0.698. The lowest BCUT2D eigenvalue weighted by atomic mass is 10.1. The minimum absolute atomic E-state index is 0.0230. The number of carbonyl (C=O) groups excluding carboxylic acids is 1. The molecule has 0 atom stereocenters. The minimum Gasteiger partial charge on any atom is -0.395 e. The van der Waals surface area contributed by atoms with Gasteiger partial charge >= 0.3 is 0 Å². The van der Waals surface area contributed by atoms with Gasteiger partial charge in [0.1, 0.15) is 0 Å². The number of hydrogen-bond donors (Lipinski definition) is 2. The van der Waals surface area contributed by atoms with Gasteiger partial charge in [-0.15, -0.1) is 0 Å². The van der Waals surface area contributed by atoms with E-state index in [9.17, 15) is 4.79 Å². The Bertz CT molecular complexity index is 361. The minimum atomic E-state index is 0.0230. The molecule has 4 nitrogen and oxygen atoms in total.